The highest BCUT2D eigenvalue weighted by Gasteiger charge is 2.07. The van der Waals surface area contributed by atoms with Crippen LogP contribution in [0.15, 0.2) is 0 Å². The lowest BCUT2D eigenvalue weighted by Gasteiger charge is -2.23. The fourth-order valence-electron chi connectivity index (χ4n) is 5.45. The van der Waals surface area contributed by atoms with E-state index in [4.69, 9.17) is 0 Å². The van der Waals surface area contributed by atoms with Gasteiger partial charge in [0, 0.05) is 0 Å². The largest absolute Gasteiger partial charge is 0.303 e. The first-order valence-electron chi connectivity index (χ1n) is 17.2. The Kier molecular flexibility index (Phi) is 31.1. The predicted molar refractivity (Wildman–Crippen MR) is 166 cm³/mol. The van der Waals surface area contributed by atoms with Gasteiger partial charge in [-0.3, -0.25) is 0 Å². The molecule has 0 fully saturated rings. The van der Waals surface area contributed by atoms with Crippen LogP contribution >= 0.6 is 0 Å². The third-order valence-corrected chi connectivity index (χ3v) is 8.01. The minimum absolute atomic E-state index is 1.35. The van der Waals surface area contributed by atoms with Crippen molar-refractivity contribution in [1.29, 1.82) is 0 Å². The average molecular weight is 509 g/mol. The van der Waals surface area contributed by atoms with E-state index in [9.17, 15) is 0 Å². The molecule has 0 unspecified atom stereocenters. The van der Waals surface area contributed by atoms with E-state index in [0.29, 0.717) is 0 Å². The van der Waals surface area contributed by atoms with Gasteiger partial charge in [0.25, 0.3) is 0 Å². The summed E-state index contributed by atoms with van der Waals surface area (Å²) in [6.45, 7) is 17.4. The molecule has 0 aromatic heterocycles. The summed E-state index contributed by atoms with van der Waals surface area (Å²) in [7, 11) is 0. The monoisotopic (exact) mass is 509 g/mol. The Morgan fingerprint density at radius 1 is 0.222 bits per heavy atom. The molecule has 0 aliphatic carbocycles. The Labute approximate surface area is 230 Å². The molecule has 0 aromatic rings. The molecule has 0 aliphatic rings. The zero-order valence-corrected chi connectivity index (χ0v) is 26.1. The number of nitrogens with zero attached hydrogens (tertiary/aromatic N) is 2. The van der Waals surface area contributed by atoms with E-state index in [1.54, 1.807) is 0 Å². The van der Waals surface area contributed by atoms with Gasteiger partial charge in [0.15, 0.2) is 0 Å². The van der Waals surface area contributed by atoms with Gasteiger partial charge in [-0.1, -0.05) is 143 Å². The number of hydrogen-bond acceptors (Lipinski definition) is 2. The van der Waals surface area contributed by atoms with Gasteiger partial charge in [-0.2, -0.15) is 0 Å². The fourth-order valence-corrected chi connectivity index (χ4v) is 5.45. The maximum atomic E-state index is 2.82. The Morgan fingerprint density at radius 2 is 0.389 bits per heavy atom. The maximum absolute atomic E-state index is 2.82. The van der Waals surface area contributed by atoms with Gasteiger partial charge in [0.1, 0.15) is 0 Å². The smallest absolute Gasteiger partial charge is 0.00187 e. The lowest BCUT2D eigenvalue weighted by Crippen LogP contribution is -2.28. The van der Waals surface area contributed by atoms with Crippen molar-refractivity contribution in [3.8, 4) is 0 Å². The zero-order chi connectivity index (χ0) is 26.4. The van der Waals surface area contributed by atoms with Crippen LogP contribution in [0.5, 0.6) is 0 Å². The van der Waals surface area contributed by atoms with Crippen molar-refractivity contribution in [2.75, 3.05) is 39.3 Å². The second-order valence-corrected chi connectivity index (χ2v) is 11.8. The van der Waals surface area contributed by atoms with Crippen LogP contribution in [0.4, 0.5) is 0 Å². The van der Waals surface area contributed by atoms with Crippen molar-refractivity contribution in [1.82, 2.24) is 9.80 Å². The van der Waals surface area contributed by atoms with Crippen LogP contribution in [-0.4, -0.2) is 49.1 Å². The van der Waals surface area contributed by atoms with Crippen LogP contribution in [0, 0.1) is 0 Å². The molecule has 0 saturated carbocycles. The lowest BCUT2D eigenvalue weighted by atomic mass is 10.1. The van der Waals surface area contributed by atoms with Gasteiger partial charge in [-0.05, 0) is 77.8 Å². The first-order valence-corrected chi connectivity index (χ1v) is 17.2. The predicted octanol–water partition coefficient (Wildman–Crippen LogP) is 11.0. The van der Waals surface area contributed by atoms with Crippen LogP contribution in [0.2, 0.25) is 0 Å². The summed E-state index contributed by atoms with van der Waals surface area (Å²) in [5, 5.41) is 0. The Bertz CT molecular complexity index is 319. The summed E-state index contributed by atoms with van der Waals surface area (Å²) >= 11 is 0. The van der Waals surface area contributed by atoms with E-state index >= 15 is 0 Å². The van der Waals surface area contributed by atoms with Gasteiger partial charge in [0.05, 0.1) is 0 Å². The van der Waals surface area contributed by atoms with Crippen LogP contribution in [0.1, 0.15) is 182 Å². The highest BCUT2D eigenvalue weighted by Crippen LogP contribution is 2.12. The molecule has 0 spiro atoms. The molecule has 0 atom stereocenters. The third kappa shape index (κ3) is 27.0. The van der Waals surface area contributed by atoms with E-state index in [1.807, 2.05) is 0 Å². The second-order valence-electron chi connectivity index (χ2n) is 11.8. The summed E-state index contributed by atoms with van der Waals surface area (Å²) in [4.78, 5) is 5.63. The molecule has 0 bridgehead atoms. The SMILES string of the molecule is CCCCCCCN(CCCCCCC)CCCCCCN(CCCCCCC)CCCCCCC. The molecule has 218 valence electrons. The van der Waals surface area contributed by atoms with Gasteiger partial charge >= 0.3 is 0 Å². The van der Waals surface area contributed by atoms with Crippen LogP contribution in [0.25, 0.3) is 0 Å². The molecule has 0 rings (SSSR count). The van der Waals surface area contributed by atoms with Crippen molar-refractivity contribution in [3.05, 3.63) is 0 Å². The molecule has 0 N–H and O–H groups in total. The zero-order valence-electron chi connectivity index (χ0n) is 26.1. The van der Waals surface area contributed by atoms with Crippen LogP contribution < -0.4 is 0 Å². The van der Waals surface area contributed by atoms with Crippen molar-refractivity contribution in [3.63, 3.8) is 0 Å². The van der Waals surface area contributed by atoms with Gasteiger partial charge in [0.2, 0.25) is 0 Å². The molecule has 0 radical (unpaired) electrons. The van der Waals surface area contributed by atoms with Crippen molar-refractivity contribution < 1.29 is 0 Å². The maximum Gasteiger partial charge on any atom is -0.00187 e. The number of hydrogen-bond donors (Lipinski definition) is 0. The van der Waals surface area contributed by atoms with Gasteiger partial charge in [-0.25, -0.2) is 0 Å². The molecule has 36 heavy (non-hydrogen) atoms. The molecular formula is C34H72N2. The Morgan fingerprint density at radius 3 is 0.556 bits per heavy atom. The summed E-state index contributed by atoms with van der Waals surface area (Å²) in [5.41, 5.74) is 0. The lowest BCUT2D eigenvalue weighted by molar-refractivity contribution is 0.244. The number of rotatable bonds is 31. The van der Waals surface area contributed by atoms with Crippen LogP contribution in [-0.2, 0) is 0 Å². The first kappa shape index (κ1) is 35.9. The van der Waals surface area contributed by atoms with E-state index < -0.39 is 0 Å². The molecular weight excluding hydrogens is 436 g/mol. The standard InChI is InChI=1S/C34H72N2/c1-5-9-13-17-23-29-35(30-24-18-14-10-6-2)33-27-21-22-28-34-36(31-25-19-15-11-7-3)32-26-20-16-12-8-4/h5-34H2,1-4H3. The van der Waals surface area contributed by atoms with Crippen molar-refractivity contribution >= 4 is 0 Å². The van der Waals surface area contributed by atoms with Gasteiger partial charge < -0.3 is 9.80 Å². The molecule has 0 aromatic carbocycles. The summed E-state index contributed by atoms with van der Waals surface area (Å²) in [6, 6.07) is 0. The highest BCUT2D eigenvalue weighted by molar-refractivity contribution is 4.63. The van der Waals surface area contributed by atoms with E-state index in [1.165, 1.54) is 193 Å². The third-order valence-electron chi connectivity index (χ3n) is 8.01. The van der Waals surface area contributed by atoms with E-state index in [0.717, 1.165) is 0 Å². The molecule has 0 aliphatic heterocycles. The van der Waals surface area contributed by atoms with Crippen LogP contribution in [0.3, 0.4) is 0 Å². The first-order chi connectivity index (χ1) is 17.8. The second kappa shape index (κ2) is 31.1. The molecule has 0 amide bonds. The highest BCUT2D eigenvalue weighted by atomic mass is 15.1. The normalized spacial score (nSPS) is 11.8. The van der Waals surface area contributed by atoms with Crippen molar-refractivity contribution in [2.24, 2.45) is 0 Å². The Balaban J connectivity index is 4.15. The Hall–Kier alpha value is -0.0800. The van der Waals surface area contributed by atoms with E-state index in [-0.39, 0.29) is 0 Å². The quantitative estimate of drug-likeness (QED) is 0.0859. The molecule has 2 heteroatoms. The van der Waals surface area contributed by atoms with E-state index in [2.05, 4.69) is 37.5 Å². The summed E-state index contributed by atoms with van der Waals surface area (Å²) < 4.78 is 0. The van der Waals surface area contributed by atoms with Gasteiger partial charge in [-0.15, -0.1) is 0 Å². The molecule has 0 saturated heterocycles. The minimum Gasteiger partial charge on any atom is -0.303 e. The topological polar surface area (TPSA) is 6.48 Å². The number of unbranched alkanes of at least 4 members (excludes halogenated alkanes) is 19. The summed E-state index contributed by atoms with van der Waals surface area (Å²) in [6.07, 6.45) is 34.0. The fraction of sp³-hybridized carbons (Fsp3) is 1.00. The molecule has 0 heterocycles. The van der Waals surface area contributed by atoms with Crippen molar-refractivity contribution in [2.45, 2.75) is 182 Å². The molecule has 2 nitrogen and oxygen atoms in total. The summed E-state index contributed by atoms with van der Waals surface area (Å²) in [5.74, 6) is 0. The minimum atomic E-state index is 1.35. The average Bonchev–Trinajstić information content (AvgIpc) is 2.89.